The quantitative estimate of drug-likeness (QED) is 0.811. The number of aromatic nitrogens is 3. The van der Waals surface area contributed by atoms with Crippen molar-refractivity contribution in [2.75, 3.05) is 25.3 Å². The molecule has 0 saturated carbocycles. The lowest BCUT2D eigenvalue weighted by Gasteiger charge is -2.13. The van der Waals surface area contributed by atoms with Crippen molar-refractivity contribution in [3.63, 3.8) is 0 Å². The molecule has 0 aliphatic rings. The summed E-state index contributed by atoms with van der Waals surface area (Å²) in [4.78, 5) is 12.1. The minimum absolute atomic E-state index is 0.195. The molecule has 2 aromatic rings. The lowest BCUT2D eigenvalue weighted by atomic mass is 10.2. The molecule has 9 heteroatoms. The van der Waals surface area contributed by atoms with E-state index in [2.05, 4.69) is 15.5 Å². The molecule has 0 saturated heterocycles. The Balaban J connectivity index is 2.06. The number of aryl methyl sites for hydroxylation is 1. The third kappa shape index (κ3) is 3.83. The summed E-state index contributed by atoms with van der Waals surface area (Å²) in [5.41, 5.74) is 0.493. The average molecular weight is 343 g/mol. The normalized spacial score (nSPS) is 10.4. The molecule has 0 aliphatic heterocycles. The van der Waals surface area contributed by atoms with E-state index < -0.39 is 0 Å². The van der Waals surface area contributed by atoms with Crippen molar-refractivity contribution in [2.24, 2.45) is 7.05 Å². The van der Waals surface area contributed by atoms with Crippen LogP contribution in [-0.2, 0) is 11.8 Å². The molecule has 0 bridgehead atoms. The second kappa shape index (κ2) is 7.37. The van der Waals surface area contributed by atoms with Crippen LogP contribution in [0.4, 0.5) is 5.69 Å². The summed E-state index contributed by atoms with van der Waals surface area (Å²) in [6, 6.07) is 3.21. The molecule has 0 radical (unpaired) electrons. The van der Waals surface area contributed by atoms with Crippen LogP contribution in [0.5, 0.6) is 11.5 Å². The van der Waals surface area contributed by atoms with Gasteiger partial charge >= 0.3 is 0 Å². The molecule has 22 heavy (non-hydrogen) atoms. The van der Waals surface area contributed by atoms with Crippen molar-refractivity contribution in [2.45, 2.75) is 5.16 Å². The third-order valence-electron chi connectivity index (χ3n) is 2.75. The number of amides is 1. The number of anilines is 1. The zero-order chi connectivity index (χ0) is 16.1. The first-order valence-electron chi connectivity index (χ1n) is 6.23. The molecule has 0 aliphatic carbocycles. The van der Waals surface area contributed by atoms with E-state index in [1.165, 1.54) is 26.0 Å². The number of ether oxygens (including phenoxy) is 2. The fourth-order valence-electron chi connectivity index (χ4n) is 1.68. The molecule has 0 fully saturated rings. The second-order valence-electron chi connectivity index (χ2n) is 4.25. The number of rotatable bonds is 6. The van der Waals surface area contributed by atoms with Crippen LogP contribution in [0.2, 0.25) is 5.02 Å². The molecule has 1 heterocycles. The topological polar surface area (TPSA) is 78.3 Å². The van der Waals surface area contributed by atoms with E-state index in [9.17, 15) is 4.79 Å². The summed E-state index contributed by atoms with van der Waals surface area (Å²) >= 11 is 7.31. The second-order valence-corrected chi connectivity index (χ2v) is 5.60. The van der Waals surface area contributed by atoms with E-state index in [1.54, 1.807) is 23.0 Å². The van der Waals surface area contributed by atoms with Crippen molar-refractivity contribution < 1.29 is 14.3 Å². The van der Waals surface area contributed by atoms with Crippen molar-refractivity contribution >= 4 is 35.0 Å². The summed E-state index contributed by atoms with van der Waals surface area (Å²) in [5, 5.41) is 11.5. The van der Waals surface area contributed by atoms with Crippen LogP contribution in [0.25, 0.3) is 0 Å². The van der Waals surface area contributed by atoms with Crippen molar-refractivity contribution in [3.8, 4) is 11.5 Å². The van der Waals surface area contributed by atoms with Crippen LogP contribution >= 0.6 is 23.4 Å². The van der Waals surface area contributed by atoms with E-state index >= 15 is 0 Å². The Kier molecular flexibility index (Phi) is 5.51. The maximum atomic E-state index is 12.1. The SMILES string of the molecule is COc1cc(NC(=O)CSc2nncn2C)c(OC)cc1Cl. The van der Waals surface area contributed by atoms with Gasteiger partial charge in [0.15, 0.2) is 5.16 Å². The molecule has 0 spiro atoms. The highest BCUT2D eigenvalue weighted by atomic mass is 35.5. The standard InChI is InChI=1S/C13H15ClN4O3S/c1-18-7-15-17-13(18)22-6-12(19)16-9-5-10(20-2)8(14)4-11(9)21-3/h4-5,7H,6H2,1-3H3,(H,16,19). The number of hydrogen-bond donors (Lipinski definition) is 1. The number of hydrogen-bond acceptors (Lipinski definition) is 6. The first-order valence-corrected chi connectivity index (χ1v) is 7.59. The number of nitrogens with zero attached hydrogens (tertiary/aromatic N) is 3. The van der Waals surface area contributed by atoms with Crippen molar-refractivity contribution in [1.82, 2.24) is 14.8 Å². The number of carbonyl (C=O) groups excluding carboxylic acids is 1. The molecule has 0 atom stereocenters. The van der Waals surface area contributed by atoms with Crippen LogP contribution in [0.1, 0.15) is 0 Å². The predicted octanol–water partition coefficient (Wildman–Crippen LogP) is 2.22. The van der Waals surface area contributed by atoms with Crippen LogP contribution in [0.3, 0.4) is 0 Å². The number of carbonyl (C=O) groups is 1. The number of halogens is 1. The number of methoxy groups -OCH3 is 2. The van der Waals surface area contributed by atoms with Gasteiger partial charge < -0.3 is 19.4 Å². The van der Waals surface area contributed by atoms with Gasteiger partial charge in [-0.25, -0.2) is 0 Å². The monoisotopic (exact) mass is 342 g/mol. The molecular weight excluding hydrogens is 328 g/mol. The predicted molar refractivity (Wildman–Crippen MR) is 84.9 cm³/mol. The number of nitrogens with one attached hydrogen (secondary N) is 1. The van der Waals surface area contributed by atoms with Gasteiger partial charge in [-0.05, 0) is 0 Å². The smallest absolute Gasteiger partial charge is 0.234 e. The molecule has 7 nitrogen and oxygen atoms in total. The fourth-order valence-corrected chi connectivity index (χ4v) is 2.60. The first kappa shape index (κ1) is 16.4. The van der Waals surface area contributed by atoms with Crippen molar-refractivity contribution in [3.05, 3.63) is 23.5 Å². The number of thioether (sulfide) groups is 1. The summed E-state index contributed by atoms with van der Waals surface area (Å²) in [6.45, 7) is 0. The lowest BCUT2D eigenvalue weighted by molar-refractivity contribution is -0.113. The van der Waals surface area contributed by atoms with Crippen LogP contribution in [0.15, 0.2) is 23.6 Å². The van der Waals surface area contributed by atoms with Gasteiger partial charge in [0.1, 0.15) is 17.8 Å². The minimum Gasteiger partial charge on any atom is -0.495 e. The summed E-state index contributed by atoms with van der Waals surface area (Å²) < 4.78 is 12.1. The summed E-state index contributed by atoms with van der Waals surface area (Å²) in [7, 11) is 4.82. The molecule has 118 valence electrons. The van der Waals surface area contributed by atoms with E-state index in [4.69, 9.17) is 21.1 Å². The molecule has 1 amide bonds. The zero-order valence-electron chi connectivity index (χ0n) is 12.3. The van der Waals surface area contributed by atoms with Gasteiger partial charge in [-0.15, -0.1) is 10.2 Å². The number of benzene rings is 1. The maximum absolute atomic E-state index is 12.1. The first-order chi connectivity index (χ1) is 10.5. The largest absolute Gasteiger partial charge is 0.495 e. The Morgan fingerprint density at radius 2 is 2.09 bits per heavy atom. The summed E-state index contributed by atoms with van der Waals surface area (Å²) in [5.74, 6) is 0.915. The van der Waals surface area contributed by atoms with Gasteiger partial charge in [0.2, 0.25) is 5.91 Å². The molecule has 2 rings (SSSR count). The van der Waals surface area contributed by atoms with Gasteiger partial charge in [0.05, 0.1) is 30.7 Å². The third-order valence-corrected chi connectivity index (χ3v) is 4.08. The van der Waals surface area contributed by atoms with Gasteiger partial charge in [0, 0.05) is 19.2 Å². The molecule has 1 aromatic carbocycles. The maximum Gasteiger partial charge on any atom is 0.234 e. The minimum atomic E-state index is -0.198. The summed E-state index contributed by atoms with van der Waals surface area (Å²) in [6.07, 6.45) is 1.58. The van der Waals surface area contributed by atoms with Crippen LogP contribution in [-0.4, -0.2) is 40.6 Å². The molecular formula is C13H15ClN4O3S. The molecule has 1 aromatic heterocycles. The van der Waals surface area contributed by atoms with E-state index in [1.807, 2.05) is 7.05 Å². The lowest BCUT2D eigenvalue weighted by Crippen LogP contribution is -2.15. The highest BCUT2D eigenvalue weighted by Crippen LogP contribution is 2.35. The van der Waals surface area contributed by atoms with Crippen LogP contribution < -0.4 is 14.8 Å². The van der Waals surface area contributed by atoms with Gasteiger partial charge in [-0.1, -0.05) is 23.4 Å². The van der Waals surface area contributed by atoms with Crippen LogP contribution in [0, 0.1) is 0 Å². The van der Waals surface area contributed by atoms with Gasteiger partial charge in [-0.2, -0.15) is 0 Å². The average Bonchev–Trinajstić information content (AvgIpc) is 2.91. The fraction of sp³-hybridized carbons (Fsp3) is 0.308. The highest BCUT2D eigenvalue weighted by Gasteiger charge is 2.13. The van der Waals surface area contributed by atoms with E-state index in [-0.39, 0.29) is 11.7 Å². The van der Waals surface area contributed by atoms with Gasteiger partial charge in [0.25, 0.3) is 0 Å². The Bertz CT molecular complexity index is 677. The van der Waals surface area contributed by atoms with E-state index in [0.717, 1.165) is 0 Å². The Morgan fingerprint density at radius 3 is 2.68 bits per heavy atom. The zero-order valence-corrected chi connectivity index (χ0v) is 13.9. The Hall–Kier alpha value is -1.93. The Morgan fingerprint density at radius 1 is 1.36 bits per heavy atom. The molecule has 0 unspecified atom stereocenters. The molecule has 1 N–H and O–H groups in total. The van der Waals surface area contributed by atoms with Gasteiger partial charge in [-0.3, -0.25) is 4.79 Å². The Labute approximate surface area is 137 Å². The van der Waals surface area contributed by atoms with Crippen molar-refractivity contribution in [1.29, 1.82) is 0 Å². The highest BCUT2D eigenvalue weighted by molar-refractivity contribution is 7.99. The van der Waals surface area contributed by atoms with E-state index in [0.29, 0.717) is 27.4 Å².